The Morgan fingerprint density at radius 2 is 2.25 bits per heavy atom. The van der Waals surface area contributed by atoms with Crippen molar-refractivity contribution in [2.75, 3.05) is 12.3 Å². The van der Waals surface area contributed by atoms with Crippen LogP contribution in [-0.4, -0.2) is 17.2 Å². The van der Waals surface area contributed by atoms with Gasteiger partial charge in [-0.1, -0.05) is 19.8 Å². The van der Waals surface area contributed by atoms with Gasteiger partial charge in [-0.25, -0.2) is 0 Å². The van der Waals surface area contributed by atoms with E-state index in [1.807, 2.05) is 0 Å². The van der Waals surface area contributed by atoms with E-state index in [9.17, 15) is 0 Å². The fourth-order valence-corrected chi connectivity index (χ4v) is 3.14. The summed E-state index contributed by atoms with van der Waals surface area (Å²) in [5.41, 5.74) is 0. The van der Waals surface area contributed by atoms with Crippen LogP contribution in [0.5, 0.6) is 0 Å². The van der Waals surface area contributed by atoms with E-state index in [0.717, 1.165) is 11.8 Å². The highest BCUT2D eigenvalue weighted by atomic mass is 32.2. The quantitative estimate of drug-likeness (QED) is 0.709. The largest absolute Gasteiger partial charge is 0.303 e. The summed E-state index contributed by atoms with van der Waals surface area (Å²) in [5, 5.41) is 3.68. The molecule has 2 aliphatic rings. The lowest BCUT2D eigenvalue weighted by Crippen LogP contribution is -2.46. The van der Waals surface area contributed by atoms with Crippen LogP contribution in [0.3, 0.4) is 0 Å². The van der Waals surface area contributed by atoms with Gasteiger partial charge in [0.1, 0.15) is 0 Å². The number of rotatable bonds is 2. The maximum atomic E-state index is 3.68. The molecule has 2 fully saturated rings. The van der Waals surface area contributed by atoms with Crippen LogP contribution >= 0.6 is 11.8 Å². The third-order valence-corrected chi connectivity index (χ3v) is 4.57. The first kappa shape index (κ1) is 8.89. The first-order valence-electron chi connectivity index (χ1n) is 5.07. The molecule has 0 bridgehead atoms. The zero-order chi connectivity index (χ0) is 8.60. The van der Waals surface area contributed by atoms with Crippen molar-refractivity contribution in [2.24, 2.45) is 11.8 Å². The standard InChI is InChI=1S/C10H19NS/c1-8-6-11-10(2,12-7-8)5-9-3-4-9/h8-9,11H,3-7H2,1-2H3. The third kappa shape index (κ3) is 2.17. The maximum Gasteiger partial charge on any atom is 0.0619 e. The Hall–Kier alpha value is 0.310. The van der Waals surface area contributed by atoms with Gasteiger partial charge in [0.25, 0.3) is 0 Å². The summed E-state index contributed by atoms with van der Waals surface area (Å²) in [6, 6.07) is 0. The minimum atomic E-state index is 0.410. The molecule has 1 N–H and O–H groups in total. The summed E-state index contributed by atoms with van der Waals surface area (Å²) in [7, 11) is 0. The lowest BCUT2D eigenvalue weighted by Gasteiger charge is -2.37. The van der Waals surface area contributed by atoms with E-state index < -0.39 is 0 Å². The highest BCUT2D eigenvalue weighted by Crippen LogP contribution is 2.42. The molecule has 2 atom stereocenters. The minimum Gasteiger partial charge on any atom is -0.303 e. The molecule has 1 nitrogen and oxygen atoms in total. The van der Waals surface area contributed by atoms with Gasteiger partial charge in [-0.2, -0.15) is 0 Å². The number of nitrogens with one attached hydrogen (secondary N) is 1. The lowest BCUT2D eigenvalue weighted by atomic mass is 10.1. The highest BCUT2D eigenvalue weighted by molar-refractivity contribution is 8.00. The van der Waals surface area contributed by atoms with E-state index in [0.29, 0.717) is 4.87 Å². The molecule has 2 heteroatoms. The van der Waals surface area contributed by atoms with Gasteiger partial charge in [0.2, 0.25) is 0 Å². The Morgan fingerprint density at radius 1 is 1.50 bits per heavy atom. The Kier molecular flexibility index (Phi) is 2.39. The van der Waals surface area contributed by atoms with Crippen molar-refractivity contribution < 1.29 is 0 Å². The Bertz CT molecular complexity index is 157. The molecule has 2 rings (SSSR count). The van der Waals surface area contributed by atoms with Crippen molar-refractivity contribution in [2.45, 2.75) is 38.0 Å². The molecule has 0 aromatic carbocycles. The summed E-state index contributed by atoms with van der Waals surface area (Å²) in [6.07, 6.45) is 4.35. The van der Waals surface area contributed by atoms with Crippen LogP contribution in [0, 0.1) is 11.8 Å². The SMILES string of the molecule is CC1CNC(C)(CC2CC2)SC1. The topological polar surface area (TPSA) is 12.0 Å². The average molecular weight is 185 g/mol. The predicted octanol–water partition coefficient (Wildman–Crippen LogP) is 2.48. The molecule has 1 saturated carbocycles. The van der Waals surface area contributed by atoms with Gasteiger partial charge in [-0.05, 0) is 37.5 Å². The predicted molar refractivity (Wildman–Crippen MR) is 55.4 cm³/mol. The van der Waals surface area contributed by atoms with Gasteiger partial charge in [-0.15, -0.1) is 11.8 Å². The zero-order valence-corrected chi connectivity index (χ0v) is 8.91. The lowest BCUT2D eigenvalue weighted by molar-refractivity contribution is 0.397. The fourth-order valence-electron chi connectivity index (χ4n) is 1.83. The molecule has 0 aromatic rings. The molecule has 1 heterocycles. The van der Waals surface area contributed by atoms with Crippen LogP contribution < -0.4 is 5.32 Å². The van der Waals surface area contributed by atoms with Gasteiger partial charge >= 0.3 is 0 Å². The second kappa shape index (κ2) is 3.22. The summed E-state index contributed by atoms with van der Waals surface area (Å²) in [6.45, 7) is 5.93. The van der Waals surface area contributed by atoms with Crippen LogP contribution in [0.2, 0.25) is 0 Å². The summed E-state index contributed by atoms with van der Waals surface area (Å²) in [4.78, 5) is 0.410. The number of thioether (sulfide) groups is 1. The summed E-state index contributed by atoms with van der Waals surface area (Å²) in [5.74, 6) is 3.25. The molecule has 0 amide bonds. The van der Waals surface area contributed by atoms with E-state index in [1.54, 1.807) is 0 Å². The zero-order valence-electron chi connectivity index (χ0n) is 8.10. The second-order valence-electron chi connectivity index (χ2n) is 4.68. The van der Waals surface area contributed by atoms with E-state index in [2.05, 4.69) is 30.9 Å². The first-order chi connectivity index (χ1) is 5.68. The van der Waals surface area contributed by atoms with Crippen molar-refractivity contribution in [1.29, 1.82) is 0 Å². The van der Waals surface area contributed by atoms with Crippen LogP contribution in [0.1, 0.15) is 33.1 Å². The molecule has 2 unspecified atom stereocenters. The molecule has 0 radical (unpaired) electrons. The summed E-state index contributed by atoms with van der Waals surface area (Å²) < 4.78 is 0. The normalized spacial score (nSPS) is 43.0. The smallest absolute Gasteiger partial charge is 0.0619 e. The van der Waals surface area contributed by atoms with Gasteiger partial charge in [-0.3, -0.25) is 0 Å². The highest BCUT2D eigenvalue weighted by Gasteiger charge is 2.35. The van der Waals surface area contributed by atoms with Gasteiger partial charge in [0, 0.05) is 0 Å². The second-order valence-corrected chi connectivity index (χ2v) is 6.20. The van der Waals surface area contributed by atoms with Crippen molar-refractivity contribution in [3.05, 3.63) is 0 Å². The van der Waals surface area contributed by atoms with Gasteiger partial charge in [0.15, 0.2) is 0 Å². The van der Waals surface area contributed by atoms with Crippen molar-refractivity contribution in [1.82, 2.24) is 5.32 Å². The molecule has 0 aromatic heterocycles. The van der Waals surface area contributed by atoms with Crippen molar-refractivity contribution in [3.8, 4) is 0 Å². The number of hydrogen-bond donors (Lipinski definition) is 1. The Labute approximate surface area is 79.7 Å². The average Bonchev–Trinajstić information content (AvgIpc) is 2.80. The van der Waals surface area contributed by atoms with Crippen LogP contribution in [0.4, 0.5) is 0 Å². The fraction of sp³-hybridized carbons (Fsp3) is 1.00. The molecule has 0 spiro atoms. The maximum absolute atomic E-state index is 3.68. The van der Waals surface area contributed by atoms with Crippen LogP contribution in [-0.2, 0) is 0 Å². The van der Waals surface area contributed by atoms with Crippen molar-refractivity contribution in [3.63, 3.8) is 0 Å². The molecule has 70 valence electrons. The van der Waals surface area contributed by atoms with E-state index >= 15 is 0 Å². The third-order valence-electron chi connectivity index (χ3n) is 2.89. The molecule has 1 aliphatic heterocycles. The van der Waals surface area contributed by atoms with E-state index in [1.165, 1.54) is 31.6 Å². The molecule has 1 saturated heterocycles. The van der Waals surface area contributed by atoms with E-state index in [4.69, 9.17) is 0 Å². The molecular weight excluding hydrogens is 166 g/mol. The summed E-state index contributed by atoms with van der Waals surface area (Å²) >= 11 is 2.13. The van der Waals surface area contributed by atoms with Gasteiger partial charge < -0.3 is 5.32 Å². The first-order valence-corrected chi connectivity index (χ1v) is 6.05. The monoisotopic (exact) mass is 185 g/mol. The minimum absolute atomic E-state index is 0.410. The molecular formula is C10H19NS. The van der Waals surface area contributed by atoms with Gasteiger partial charge in [0.05, 0.1) is 4.87 Å². The van der Waals surface area contributed by atoms with Crippen LogP contribution in [0.15, 0.2) is 0 Å². The molecule has 12 heavy (non-hydrogen) atoms. The molecule has 1 aliphatic carbocycles. The Morgan fingerprint density at radius 3 is 2.75 bits per heavy atom. The van der Waals surface area contributed by atoms with E-state index in [-0.39, 0.29) is 0 Å². The Balaban J connectivity index is 1.83. The van der Waals surface area contributed by atoms with Crippen LogP contribution in [0.25, 0.3) is 0 Å². The number of hydrogen-bond acceptors (Lipinski definition) is 2. The van der Waals surface area contributed by atoms with Crippen molar-refractivity contribution >= 4 is 11.8 Å².